The van der Waals surface area contributed by atoms with E-state index >= 15 is 0 Å². The van der Waals surface area contributed by atoms with Gasteiger partial charge in [0, 0.05) is 6.42 Å². The summed E-state index contributed by atoms with van der Waals surface area (Å²) in [5, 5.41) is 8.52. The Bertz CT molecular complexity index is 234. The Kier molecular flexibility index (Phi) is 48.5. The summed E-state index contributed by atoms with van der Waals surface area (Å²) in [5.41, 5.74) is 0. The van der Waals surface area contributed by atoms with Gasteiger partial charge < -0.3 is 5.11 Å². The second-order valence-electron chi connectivity index (χ2n) is 6.09. The lowest BCUT2D eigenvalue weighted by Gasteiger charge is -2.03. The number of rotatable bonds is 16. The quantitative estimate of drug-likeness (QED) is 0.218. The SMILES string of the molecule is C=C.C=C.C=C.CCCCCCCCCCCCCCCCCC(=O)O. The molecule has 0 fully saturated rings. The van der Waals surface area contributed by atoms with Gasteiger partial charge in [-0.2, -0.15) is 0 Å². The first-order chi connectivity index (χ1) is 12.8. The van der Waals surface area contributed by atoms with Crippen LogP contribution in [0.1, 0.15) is 110 Å². The molecule has 0 aliphatic rings. The van der Waals surface area contributed by atoms with E-state index in [1.54, 1.807) is 0 Å². The Hall–Kier alpha value is -1.31. The predicted molar refractivity (Wildman–Crippen MR) is 121 cm³/mol. The molecule has 0 aliphatic carbocycles. The maximum absolute atomic E-state index is 10.3. The molecule has 0 aliphatic heterocycles. The molecular formula is C24H48O2. The van der Waals surface area contributed by atoms with Crippen molar-refractivity contribution < 1.29 is 9.90 Å². The maximum atomic E-state index is 10.3. The van der Waals surface area contributed by atoms with Gasteiger partial charge in [-0.05, 0) is 6.42 Å². The molecule has 0 heterocycles. The van der Waals surface area contributed by atoms with Gasteiger partial charge in [0.05, 0.1) is 0 Å². The van der Waals surface area contributed by atoms with E-state index in [4.69, 9.17) is 5.11 Å². The van der Waals surface area contributed by atoms with Crippen LogP contribution < -0.4 is 0 Å². The number of unbranched alkanes of at least 4 members (excludes halogenated alkanes) is 14. The zero-order valence-electron chi connectivity index (χ0n) is 17.9. The van der Waals surface area contributed by atoms with Crippen molar-refractivity contribution >= 4 is 5.97 Å². The molecule has 0 saturated carbocycles. The van der Waals surface area contributed by atoms with Gasteiger partial charge >= 0.3 is 5.97 Å². The summed E-state index contributed by atoms with van der Waals surface area (Å²) in [4.78, 5) is 10.3. The normalized spacial score (nSPS) is 8.81. The molecule has 2 nitrogen and oxygen atoms in total. The zero-order valence-corrected chi connectivity index (χ0v) is 17.9. The van der Waals surface area contributed by atoms with Crippen LogP contribution in [0.25, 0.3) is 0 Å². The summed E-state index contributed by atoms with van der Waals surface area (Å²) < 4.78 is 0. The summed E-state index contributed by atoms with van der Waals surface area (Å²) in [6, 6.07) is 0. The summed E-state index contributed by atoms with van der Waals surface area (Å²) in [7, 11) is 0. The van der Waals surface area contributed by atoms with Gasteiger partial charge in [-0.25, -0.2) is 0 Å². The van der Waals surface area contributed by atoms with Gasteiger partial charge in [0.15, 0.2) is 0 Å². The van der Waals surface area contributed by atoms with Crippen LogP contribution in [0.5, 0.6) is 0 Å². The van der Waals surface area contributed by atoms with E-state index in [0.29, 0.717) is 6.42 Å². The fourth-order valence-electron chi connectivity index (χ4n) is 2.65. The smallest absolute Gasteiger partial charge is 0.303 e. The highest BCUT2D eigenvalue weighted by molar-refractivity contribution is 5.66. The molecule has 0 radical (unpaired) electrons. The number of hydrogen-bond donors (Lipinski definition) is 1. The van der Waals surface area contributed by atoms with Crippen molar-refractivity contribution in [3.63, 3.8) is 0 Å². The molecule has 0 rings (SSSR count). The van der Waals surface area contributed by atoms with E-state index in [0.717, 1.165) is 12.8 Å². The fraction of sp³-hybridized carbons (Fsp3) is 0.708. The molecule has 0 spiro atoms. The van der Waals surface area contributed by atoms with Crippen LogP contribution in [0.15, 0.2) is 39.5 Å². The topological polar surface area (TPSA) is 37.3 Å². The predicted octanol–water partition coefficient (Wildman–Crippen LogP) is 8.74. The summed E-state index contributed by atoms with van der Waals surface area (Å²) >= 11 is 0. The van der Waals surface area contributed by atoms with Gasteiger partial charge in [0.25, 0.3) is 0 Å². The average Bonchev–Trinajstić information content (AvgIpc) is 2.69. The van der Waals surface area contributed by atoms with Gasteiger partial charge in [-0.3, -0.25) is 4.79 Å². The Labute approximate surface area is 165 Å². The third kappa shape index (κ3) is 43.4. The Balaban J connectivity index is -0.000000362. The van der Waals surface area contributed by atoms with Crippen LogP contribution in [0.2, 0.25) is 0 Å². The number of aliphatic carboxylic acids is 1. The second-order valence-corrected chi connectivity index (χ2v) is 6.09. The molecule has 2 heteroatoms. The van der Waals surface area contributed by atoms with Crippen molar-refractivity contribution in [2.24, 2.45) is 0 Å². The van der Waals surface area contributed by atoms with E-state index in [-0.39, 0.29) is 0 Å². The highest BCUT2D eigenvalue weighted by atomic mass is 16.4. The first kappa shape index (κ1) is 32.4. The largest absolute Gasteiger partial charge is 0.481 e. The van der Waals surface area contributed by atoms with Gasteiger partial charge in [0.2, 0.25) is 0 Å². The Morgan fingerprint density at radius 1 is 0.538 bits per heavy atom. The molecule has 0 aromatic carbocycles. The van der Waals surface area contributed by atoms with Crippen molar-refractivity contribution in [2.75, 3.05) is 0 Å². The molecule has 26 heavy (non-hydrogen) atoms. The zero-order chi connectivity index (χ0) is 20.9. The molecule has 0 bridgehead atoms. The lowest BCUT2D eigenvalue weighted by molar-refractivity contribution is -0.137. The fourth-order valence-corrected chi connectivity index (χ4v) is 2.65. The average molecular weight is 369 g/mol. The van der Waals surface area contributed by atoms with E-state index in [9.17, 15) is 4.79 Å². The highest BCUT2D eigenvalue weighted by Crippen LogP contribution is 2.13. The standard InChI is InChI=1S/C18H36O2.3C2H4/c1-2-3-4-5-6-7-8-9-10-11-12-13-14-15-16-17-18(19)20;3*1-2/h2-17H2,1H3,(H,19,20);3*1-2H2. The van der Waals surface area contributed by atoms with Crippen LogP contribution >= 0.6 is 0 Å². The summed E-state index contributed by atoms with van der Waals surface area (Å²) in [6.07, 6.45) is 20.2. The van der Waals surface area contributed by atoms with Crippen molar-refractivity contribution in [1.82, 2.24) is 0 Å². The second kappa shape index (κ2) is 39.0. The number of carboxylic acids is 1. The molecule has 156 valence electrons. The first-order valence-electron chi connectivity index (χ1n) is 10.5. The first-order valence-corrected chi connectivity index (χ1v) is 10.5. The van der Waals surface area contributed by atoms with Gasteiger partial charge in [0.1, 0.15) is 0 Å². The van der Waals surface area contributed by atoms with E-state index in [2.05, 4.69) is 46.4 Å². The van der Waals surface area contributed by atoms with E-state index in [1.807, 2.05) is 0 Å². The minimum Gasteiger partial charge on any atom is -0.481 e. The molecule has 0 aromatic rings. The van der Waals surface area contributed by atoms with Crippen LogP contribution in [-0.4, -0.2) is 11.1 Å². The minimum atomic E-state index is -0.653. The summed E-state index contributed by atoms with van der Waals surface area (Å²) in [6.45, 7) is 20.3. The third-order valence-corrected chi connectivity index (χ3v) is 3.99. The molecule has 0 saturated heterocycles. The highest BCUT2D eigenvalue weighted by Gasteiger charge is 1.97. The molecule has 0 unspecified atom stereocenters. The van der Waals surface area contributed by atoms with Crippen LogP contribution in [-0.2, 0) is 4.79 Å². The number of carbonyl (C=O) groups is 1. The minimum absolute atomic E-state index is 0.345. The molecule has 0 aromatic heterocycles. The van der Waals surface area contributed by atoms with Crippen LogP contribution in [0.3, 0.4) is 0 Å². The number of carboxylic acid groups (broad SMARTS) is 1. The van der Waals surface area contributed by atoms with Crippen molar-refractivity contribution in [3.8, 4) is 0 Å². The monoisotopic (exact) mass is 368 g/mol. The lowest BCUT2D eigenvalue weighted by Crippen LogP contribution is -1.93. The Morgan fingerprint density at radius 2 is 0.769 bits per heavy atom. The third-order valence-electron chi connectivity index (χ3n) is 3.99. The maximum Gasteiger partial charge on any atom is 0.303 e. The van der Waals surface area contributed by atoms with Gasteiger partial charge in [-0.1, -0.05) is 96.8 Å². The molecule has 0 amide bonds. The van der Waals surface area contributed by atoms with Crippen molar-refractivity contribution in [3.05, 3.63) is 39.5 Å². The summed E-state index contributed by atoms with van der Waals surface area (Å²) in [5.74, 6) is -0.653. The van der Waals surface area contributed by atoms with Crippen LogP contribution in [0.4, 0.5) is 0 Å². The van der Waals surface area contributed by atoms with Crippen LogP contribution in [0, 0.1) is 0 Å². The van der Waals surface area contributed by atoms with Crippen molar-refractivity contribution in [1.29, 1.82) is 0 Å². The van der Waals surface area contributed by atoms with Crippen molar-refractivity contribution in [2.45, 2.75) is 110 Å². The Morgan fingerprint density at radius 3 is 1.00 bits per heavy atom. The molecular weight excluding hydrogens is 320 g/mol. The molecule has 1 N–H and O–H groups in total. The molecule has 0 atom stereocenters. The van der Waals surface area contributed by atoms with E-state index < -0.39 is 5.97 Å². The number of hydrogen-bond acceptors (Lipinski definition) is 1. The lowest BCUT2D eigenvalue weighted by atomic mass is 10.0. The van der Waals surface area contributed by atoms with E-state index in [1.165, 1.54) is 83.5 Å². The van der Waals surface area contributed by atoms with Gasteiger partial charge in [-0.15, -0.1) is 39.5 Å².